The third-order valence-electron chi connectivity index (χ3n) is 7.35. The van der Waals surface area contributed by atoms with Crippen molar-refractivity contribution in [3.8, 4) is 10.6 Å². The number of amides is 1. The number of aromatic amines is 1. The summed E-state index contributed by atoms with van der Waals surface area (Å²) in [6.45, 7) is 3.18. The van der Waals surface area contributed by atoms with E-state index in [4.69, 9.17) is 0 Å². The van der Waals surface area contributed by atoms with Crippen molar-refractivity contribution >= 4 is 28.1 Å². The van der Waals surface area contributed by atoms with Crippen LogP contribution in [0.4, 0.5) is 13.2 Å². The molecule has 2 aromatic carbocycles. The number of piperidine rings is 1. The van der Waals surface area contributed by atoms with Gasteiger partial charge in [0, 0.05) is 29.2 Å². The lowest BCUT2D eigenvalue weighted by molar-refractivity contribution is -0.137. The molecule has 0 bridgehead atoms. The molecule has 0 radical (unpaired) electrons. The molecule has 206 valence electrons. The molecule has 6 nitrogen and oxygen atoms in total. The standard InChI is InChI=1S/C29H31F3N4O2S/c30-29(31,32)21-9-7-20(8-10-21)28-35-25(18-37)26(39-28)27(38)33-13-3-4-14-36-15-11-19(12-16-36)23-17-34-24-6-2-1-5-22(23)24/h1-2,5-10,17,19,34,37H,3-4,11-16,18H2,(H,33,38). The first kappa shape index (κ1) is 27.4. The Bertz CT molecular complexity index is 1410. The zero-order valence-electron chi connectivity index (χ0n) is 21.4. The molecule has 3 N–H and O–H groups in total. The molecule has 5 rings (SSSR count). The van der Waals surface area contributed by atoms with Gasteiger partial charge in [0.2, 0.25) is 0 Å². The number of carbonyl (C=O) groups is 1. The number of rotatable bonds is 9. The highest BCUT2D eigenvalue weighted by molar-refractivity contribution is 7.17. The van der Waals surface area contributed by atoms with Crippen LogP contribution >= 0.6 is 11.3 Å². The predicted octanol–water partition coefficient (Wildman–Crippen LogP) is 6.19. The molecule has 1 fully saturated rings. The van der Waals surface area contributed by atoms with Crippen LogP contribution < -0.4 is 5.32 Å². The van der Waals surface area contributed by atoms with E-state index in [2.05, 4.69) is 50.6 Å². The van der Waals surface area contributed by atoms with Crippen molar-refractivity contribution in [2.24, 2.45) is 0 Å². The highest BCUT2D eigenvalue weighted by atomic mass is 32.1. The van der Waals surface area contributed by atoms with Crippen molar-refractivity contribution in [3.63, 3.8) is 0 Å². The van der Waals surface area contributed by atoms with Gasteiger partial charge < -0.3 is 20.3 Å². The van der Waals surface area contributed by atoms with Gasteiger partial charge in [-0.05, 0) is 75.0 Å². The van der Waals surface area contributed by atoms with Crippen molar-refractivity contribution in [1.29, 1.82) is 0 Å². The first-order valence-electron chi connectivity index (χ1n) is 13.2. The summed E-state index contributed by atoms with van der Waals surface area (Å²) in [5, 5.41) is 14.3. The molecule has 1 aliphatic heterocycles. The number of aromatic nitrogens is 2. The number of aliphatic hydroxyl groups is 1. The summed E-state index contributed by atoms with van der Waals surface area (Å²) in [5.41, 5.74) is 2.56. The number of unbranched alkanes of at least 4 members (excludes halogenated alkanes) is 1. The summed E-state index contributed by atoms with van der Waals surface area (Å²) in [7, 11) is 0. The molecule has 0 atom stereocenters. The molecule has 1 saturated heterocycles. The van der Waals surface area contributed by atoms with E-state index in [9.17, 15) is 23.1 Å². The van der Waals surface area contributed by atoms with E-state index >= 15 is 0 Å². The molecule has 1 aliphatic rings. The molecular weight excluding hydrogens is 525 g/mol. The minimum Gasteiger partial charge on any atom is -0.390 e. The van der Waals surface area contributed by atoms with E-state index < -0.39 is 18.3 Å². The average Bonchev–Trinajstić information content (AvgIpc) is 3.58. The molecule has 2 aromatic heterocycles. The Morgan fingerprint density at radius 3 is 2.56 bits per heavy atom. The molecule has 39 heavy (non-hydrogen) atoms. The van der Waals surface area contributed by atoms with Crippen LogP contribution in [0.25, 0.3) is 21.5 Å². The van der Waals surface area contributed by atoms with E-state index in [1.54, 1.807) is 0 Å². The zero-order valence-corrected chi connectivity index (χ0v) is 22.2. The minimum absolute atomic E-state index is 0.227. The molecule has 0 aliphatic carbocycles. The summed E-state index contributed by atoms with van der Waals surface area (Å²) >= 11 is 1.07. The van der Waals surface area contributed by atoms with Gasteiger partial charge in [0.15, 0.2) is 0 Å². The van der Waals surface area contributed by atoms with Crippen molar-refractivity contribution < 1.29 is 23.1 Å². The van der Waals surface area contributed by atoms with Crippen LogP contribution in [0.15, 0.2) is 54.7 Å². The Morgan fingerprint density at radius 1 is 1.10 bits per heavy atom. The number of para-hydroxylation sites is 1. The van der Waals surface area contributed by atoms with Gasteiger partial charge in [0.1, 0.15) is 9.88 Å². The first-order valence-corrected chi connectivity index (χ1v) is 14.0. The smallest absolute Gasteiger partial charge is 0.390 e. The van der Waals surface area contributed by atoms with E-state index in [1.165, 1.54) is 28.6 Å². The van der Waals surface area contributed by atoms with E-state index in [0.29, 0.717) is 23.0 Å². The second-order valence-corrected chi connectivity index (χ2v) is 10.9. The number of halogens is 3. The number of hydrogen-bond donors (Lipinski definition) is 3. The van der Waals surface area contributed by atoms with E-state index in [1.807, 2.05) is 0 Å². The quantitative estimate of drug-likeness (QED) is 0.215. The van der Waals surface area contributed by atoms with Crippen molar-refractivity contribution in [2.45, 2.75) is 44.4 Å². The molecule has 3 heterocycles. The number of likely N-dealkylation sites (tertiary alicyclic amines) is 1. The molecule has 1 amide bonds. The highest BCUT2D eigenvalue weighted by Gasteiger charge is 2.30. The second kappa shape index (κ2) is 11.9. The number of hydrogen-bond acceptors (Lipinski definition) is 5. The fourth-order valence-corrected chi connectivity index (χ4v) is 6.20. The molecular formula is C29H31F3N4O2S. The molecule has 10 heteroatoms. The Labute approximate surface area is 228 Å². The predicted molar refractivity (Wildman–Crippen MR) is 147 cm³/mol. The number of H-pyrrole nitrogens is 1. The van der Waals surface area contributed by atoms with Crippen LogP contribution in [0.3, 0.4) is 0 Å². The van der Waals surface area contributed by atoms with Gasteiger partial charge in [-0.1, -0.05) is 30.3 Å². The van der Waals surface area contributed by atoms with Crippen LogP contribution in [0.5, 0.6) is 0 Å². The summed E-state index contributed by atoms with van der Waals surface area (Å²) < 4.78 is 38.5. The largest absolute Gasteiger partial charge is 0.416 e. The molecule has 0 unspecified atom stereocenters. The van der Waals surface area contributed by atoms with Gasteiger partial charge in [-0.25, -0.2) is 4.98 Å². The number of alkyl halides is 3. The Balaban J connectivity index is 1.06. The normalized spacial score (nSPS) is 15.2. The number of thiazole rings is 1. The number of carbonyl (C=O) groups excluding carboxylic acids is 1. The fourth-order valence-electron chi connectivity index (χ4n) is 5.20. The van der Waals surface area contributed by atoms with Gasteiger partial charge in [0.05, 0.1) is 17.9 Å². The maximum atomic E-state index is 12.8. The average molecular weight is 557 g/mol. The maximum absolute atomic E-state index is 12.8. The minimum atomic E-state index is -4.42. The SMILES string of the molecule is O=C(NCCCCN1CCC(c2c[nH]c3ccccc23)CC1)c1sc(-c2ccc(C(F)(F)F)cc2)nc1CO. The molecule has 0 saturated carbocycles. The summed E-state index contributed by atoms with van der Waals surface area (Å²) in [6.07, 6.45) is 1.80. The van der Waals surface area contributed by atoms with Crippen molar-refractivity contribution in [3.05, 3.63) is 76.4 Å². The number of nitrogens with zero attached hydrogens (tertiary/aromatic N) is 2. The van der Waals surface area contributed by atoms with E-state index in [-0.39, 0.29) is 16.5 Å². The molecule has 0 spiro atoms. The van der Waals surface area contributed by atoms with Crippen molar-refractivity contribution in [1.82, 2.24) is 20.2 Å². The lowest BCUT2D eigenvalue weighted by atomic mass is 9.89. The Morgan fingerprint density at radius 2 is 1.85 bits per heavy atom. The Kier molecular flexibility index (Phi) is 8.34. The monoisotopic (exact) mass is 556 g/mol. The highest BCUT2D eigenvalue weighted by Crippen LogP contribution is 2.34. The lowest BCUT2D eigenvalue weighted by Crippen LogP contribution is -2.34. The van der Waals surface area contributed by atoms with Gasteiger partial charge in [0.25, 0.3) is 5.91 Å². The maximum Gasteiger partial charge on any atom is 0.416 e. The topological polar surface area (TPSA) is 81.2 Å². The van der Waals surface area contributed by atoms with Crippen LogP contribution in [-0.2, 0) is 12.8 Å². The number of benzene rings is 2. The van der Waals surface area contributed by atoms with Gasteiger partial charge >= 0.3 is 6.18 Å². The Hall–Kier alpha value is -3.21. The number of fused-ring (bicyclic) bond motifs is 1. The van der Waals surface area contributed by atoms with Gasteiger partial charge in [-0.3, -0.25) is 4.79 Å². The van der Waals surface area contributed by atoms with E-state index in [0.717, 1.165) is 68.8 Å². The van der Waals surface area contributed by atoms with Gasteiger partial charge in [-0.15, -0.1) is 11.3 Å². The van der Waals surface area contributed by atoms with Crippen LogP contribution in [0, 0.1) is 0 Å². The summed E-state index contributed by atoms with van der Waals surface area (Å²) in [4.78, 5) is 23.2. The summed E-state index contributed by atoms with van der Waals surface area (Å²) in [6, 6.07) is 13.1. The summed E-state index contributed by atoms with van der Waals surface area (Å²) in [5.74, 6) is 0.249. The second-order valence-electron chi connectivity index (χ2n) is 9.90. The van der Waals surface area contributed by atoms with Crippen LogP contribution in [-0.4, -0.2) is 52.1 Å². The lowest BCUT2D eigenvalue weighted by Gasteiger charge is -2.32. The zero-order chi connectivity index (χ0) is 27.4. The van der Waals surface area contributed by atoms with Gasteiger partial charge in [-0.2, -0.15) is 13.2 Å². The third kappa shape index (κ3) is 6.34. The number of aliphatic hydroxyl groups excluding tert-OH is 1. The van der Waals surface area contributed by atoms with Crippen LogP contribution in [0.1, 0.15) is 58.1 Å². The van der Waals surface area contributed by atoms with Crippen molar-refractivity contribution in [2.75, 3.05) is 26.2 Å². The molecule has 4 aromatic rings. The third-order valence-corrected chi connectivity index (χ3v) is 8.49. The fraction of sp³-hybridized carbons (Fsp3) is 0.379. The van der Waals surface area contributed by atoms with Crippen LogP contribution in [0.2, 0.25) is 0 Å². The first-order chi connectivity index (χ1) is 18.8. The number of nitrogens with one attached hydrogen (secondary N) is 2.